The van der Waals surface area contributed by atoms with Gasteiger partial charge < -0.3 is 5.32 Å². The first-order valence-corrected chi connectivity index (χ1v) is 9.14. The monoisotopic (exact) mass is 337 g/mol. The molecule has 0 saturated heterocycles. The van der Waals surface area contributed by atoms with E-state index in [1.807, 2.05) is 30.3 Å². The van der Waals surface area contributed by atoms with Gasteiger partial charge in [0.15, 0.2) is 0 Å². The zero-order valence-electron chi connectivity index (χ0n) is 13.5. The van der Waals surface area contributed by atoms with Crippen molar-refractivity contribution in [2.24, 2.45) is 0 Å². The molecule has 1 aromatic heterocycles. The van der Waals surface area contributed by atoms with E-state index in [0.717, 1.165) is 22.7 Å². The fraction of sp³-hybridized carbons (Fsp3) is 0.200. The molecule has 3 aromatic rings. The number of benzene rings is 2. The van der Waals surface area contributed by atoms with Gasteiger partial charge in [-0.1, -0.05) is 54.2 Å². The molecule has 0 radical (unpaired) electrons. The molecular formula is C20H21N2OS+. The maximum absolute atomic E-state index is 11.9. The molecule has 0 aliphatic heterocycles. The van der Waals surface area contributed by atoms with Crippen molar-refractivity contribution >= 4 is 28.6 Å². The van der Waals surface area contributed by atoms with Gasteiger partial charge in [0.1, 0.15) is 0 Å². The number of rotatable bonds is 7. The summed E-state index contributed by atoms with van der Waals surface area (Å²) in [6, 6.07) is 22.6. The third-order valence-corrected chi connectivity index (χ3v) is 4.76. The number of amides is 1. The van der Waals surface area contributed by atoms with E-state index in [9.17, 15) is 4.79 Å². The number of aromatic nitrogens is 1. The molecule has 3 nitrogen and oxygen atoms in total. The Bertz CT molecular complexity index is 805. The molecule has 2 N–H and O–H groups in total. The van der Waals surface area contributed by atoms with Gasteiger partial charge in [-0.05, 0) is 24.1 Å². The lowest BCUT2D eigenvalue weighted by atomic mass is 10.1. The second-order valence-corrected chi connectivity index (χ2v) is 6.73. The van der Waals surface area contributed by atoms with Crippen LogP contribution in [0.1, 0.15) is 12.0 Å². The lowest BCUT2D eigenvalue weighted by Crippen LogP contribution is -2.26. The van der Waals surface area contributed by atoms with Crippen molar-refractivity contribution in [3.63, 3.8) is 0 Å². The highest BCUT2D eigenvalue weighted by atomic mass is 32.2. The third-order valence-electron chi connectivity index (χ3n) is 3.80. The largest absolute Gasteiger partial charge is 0.356 e. The summed E-state index contributed by atoms with van der Waals surface area (Å²) in [7, 11) is 0. The molecule has 122 valence electrons. The number of nitrogens with one attached hydrogen (secondary N) is 2. The van der Waals surface area contributed by atoms with Crippen LogP contribution in [0.25, 0.3) is 10.9 Å². The number of hydrogen-bond acceptors (Lipinski definition) is 2. The van der Waals surface area contributed by atoms with Crippen LogP contribution in [0.5, 0.6) is 0 Å². The summed E-state index contributed by atoms with van der Waals surface area (Å²) in [5, 5.41) is 5.27. The van der Waals surface area contributed by atoms with Crippen molar-refractivity contribution < 1.29 is 9.78 Å². The molecule has 0 aliphatic rings. The predicted octanol–water partition coefficient (Wildman–Crippen LogP) is 3.50. The maximum Gasteiger partial charge on any atom is 0.238 e. The van der Waals surface area contributed by atoms with Gasteiger partial charge in [-0.3, -0.25) is 4.79 Å². The molecule has 0 spiro atoms. The van der Waals surface area contributed by atoms with E-state index >= 15 is 0 Å². The number of carbonyl (C=O) groups excluding carboxylic acids is 1. The fourth-order valence-corrected chi connectivity index (χ4v) is 3.37. The van der Waals surface area contributed by atoms with Gasteiger partial charge >= 0.3 is 0 Å². The Morgan fingerprint density at radius 2 is 1.75 bits per heavy atom. The van der Waals surface area contributed by atoms with Crippen molar-refractivity contribution in [3.05, 3.63) is 72.3 Å². The van der Waals surface area contributed by atoms with E-state index < -0.39 is 0 Å². The third kappa shape index (κ3) is 4.83. The Morgan fingerprint density at radius 3 is 2.62 bits per heavy atom. The molecular weight excluding hydrogens is 316 g/mol. The van der Waals surface area contributed by atoms with Gasteiger partial charge in [-0.15, -0.1) is 0 Å². The minimum absolute atomic E-state index is 0.110. The molecule has 0 saturated carbocycles. The van der Waals surface area contributed by atoms with Crippen LogP contribution >= 0.6 is 11.8 Å². The molecule has 0 atom stereocenters. The number of hydrogen-bond donors (Lipinski definition) is 1. The minimum Gasteiger partial charge on any atom is -0.356 e. The first kappa shape index (κ1) is 16.5. The Morgan fingerprint density at radius 1 is 0.958 bits per heavy atom. The number of aromatic amines is 1. The maximum atomic E-state index is 11.9. The first-order valence-electron chi connectivity index (χ1n) is 8.16. The summed E-state index contributed by atoms with van der Waals surface area (Å²) in [6.45, 7) is 0.690. The Hall–Kier alpha value is -2.33. The highest BCUT2D eigenvalue weighted by Crippen LogP contribution is 2.16. The molecule has 0 unspecified atom stereocenters. The molecule has 0 aliphatic carbocycles. The van der Waals surface area contributed by atoms with Crippen LogP contribution in [-0.4, -0.2) is 18.2 Å². The van der Waals surface area contributed by atoms with Crippen LogP contribution < -0.4 is 10.3 Å². The van der Waals surface area contributed by atoms with Crippen molar-refractivity contribution in [2.75, 3.05) is 12.3 Å². The van der Waals surface area contributed by atoms with Gasteiger partial charge in [-0.2, -0.15) is 4.98 Å². The number of fused-ring (bicyclic) bond motifs is 1. The van der Waals surface area contributed by atoms with E-state index in [2.05, 4.69) is 46.7 Å². The number of H-pyrrole nitrogens is 1. The fourth-order valence-electron chi connectivity index (χ4n) is 2.51. The summed E-state index contributed by atoms with van der Waals surface area (Å²) in [4.78, 5) is 15.3. The smallest absolute Gasteiger partial charge is 0.238 e. The standard InChI is InChI=1S/C20H20N2OS/c23-19(21-14-12-16-6-2-1-3-7-16)13-15-24-20-11-10-17-8-4-5-9-18(17)22-20/h1-11H,12-15H2,(H,21,23)/p+1. The van der Waals surface area contributed by atoms with Crippen molar-refractivity contribution in [2.45, 2.75) is 17.9 Å². The normalized spacial score (nSPS) is 10.7. The molecule has 0 bridgehead atoms. The first-order chi connectivity index (χ1) is 11.8. The zero-order valence-corrected chi connectivity index (χ0v) is 14.3. The molecule has 2 aromatic carbocycles. The summed E-state index contributed by atoms with van der Waals surface area (Å²) < 4.78 is 0. The van der Waals surface area contributed by atoms with Gasteiger partial charge in [0.25, 0.3) is 0 Å². The number of thioether (sulfide) groups is 1. The molecule has 3 rings (SSSR count). The Labute approximate surface area is 146 Å². The molecule has 1 heterocycles. The second-order valence-electron chi connectivity index (χ2n) is 5.59. The SMILES string of the molecule is O=C(CCSc1ccc2ccccc2[nH+]1)NCCc1ccccc1. The van der Waals surface area contributed by atoms with E-state index in [4.69, 9.17) is 0 Å². The lowest BCUT2D eigenvalue weighted by molar-refractivity contribution is -0.395. The topological polar surface area (TPSA) is 43.2 Å². The molecule has 4 heteroatoms. The van der Waals surface area contributed by atoms with Gasteiger partial charge in [-0.25, -0.2) is 0 Å². The van der Waals surface area contributed by atoms with E-state index in [-0.39, 0.29) is 5.91 Å². The van der Waals surface area contributed by atoms with E-state index in [1.165, 1.54) is 10.9 Å². The molecule has 24 heavy (non-hydrogen) atoms. The van der Waals surface area contributed by atoms with Crippen LogP contribution in [0.3, 0.4) is 0 Å². The second kappa shape index (κ2) is 8.50. The summed E-state index contributed by atoms with van der Waals surface area (Å²) in [5.74, 6) is 0.880. The summed E-state index contributed by atoms with van der Waals surface area (Å²) in [5.41, 5.74) is 2.37. The van der Waals surface area contributed by atoms with Crippen LogP contribution in [-0.2, 0) is 11.2 Å². The lowest BCUT2D eigenvalue weighted by Gasteiger charge is -2.04. The van der Waals surface area contributed by atoms with Crippen molar-refractivity contribution in [3.8, 4) is 0 Å². The highest BCUT2D eigenvalue weighted by molar-refractivity contribution is 7.99. The van der Waals surface area contributed by atoms with Crippen LogP contribution in [0, 0.1) is 0 Å². The van der Waals surface area contributed by atoms with Crippen molar-refractivity contribution in [1.29, 1.82) is 0 Å². The van der Waals surface area contributed by atoms with Crippen LogP contribution in [0.15, 0.2) is 71.8 Å². The van der Waals surface area contributed by atoms with Crippen LogP contribution in [0.2, 0.25) is 0 Å². The van der Waals surface area contributed by atoms with Gasteiger partial charge in [0, 0.05) is 36.2 Å². The number of para-hydroxylation sites is 1. The Kier molecular flexibility index (Phi) is 5.85. The average molecular weight is 337 g/mol. The molecule has 1 amide bonds. The quantitative estimate of drug-likeness (QED) is 0.671. The predicted molar refractivity (Wildman–Crippen MR) is 99.0 cm³/mol. The zero-order chi connectivity index (χ0) is 16.6. The van der Waals surface area contributed by atoms with Gasteiger partial charge in [0.2, 0.25) is 16.4 Å². The summed E-state index contributed by atoms with van der Waals surface area (Å²) >= 11 is 1.68. The van der Waals surface area contributed by atoms with Crippen LogP contribution in [0.4, 0.5) is 0 Å². The van der Waals surface area contributed by atoms with E-state index in [1.54, 1.807) is 11.8 Å². The average Bonchev–Trinajstić information content (AvgIpc) is 2.62. The molecule has 0 fully saturated rings. The number of carbonyl (C=O) groups is 1. The Balaban J connectivity index is 1.39. The van der Waals surface area contributed by atoms with Gasteiger partial charge in [0.05, 0.1) is 0 Å². The van der Waals surface area contributed by atoms with E-state index in [0.29, 0.717) is 13.0 Å². The minimum atomic E-state index is 0.110. The van der Waals surface area contributed by atoms with Crippen molar-refractivity contribution in [1.82, 2.24) is 5.32 Å². The summed E-state index contributed by atoms with van der Waals surface area (Å²) in [6.07, 6.45) is 1.40. The highest BCUT2D eigenvalue weighted by Gasteiger charge is 2.07. The number of pyridine rings is 1.